The maximum Gasteiger partial charge on any atom is 0.305 e. The molecule has 1 atom stereocenters. The number of ether oxygens (including phenoxy) is 1. The van der Waals surface area contributed by atoms with E-state index in [1.54, 1.807) is 24.9 Å². The predicted octanol–water partition coefficient (Wildman–Crippen LogP) is 1.12. The number of ketones is 1. The summed E-state index contributed by atoms with van der Waals surface area (Å²) in [4.78, 5) is 68.7. The fourth-order valence-corrected chi connectivity index (χ4v) is 4.62. The number of piperazine rings is 1. The molecule has 3 heterocycles. The minimum absolute atomic E-state index is 0.0525. The zero-order valence-corrected chi connectivity index (χ0v) is 23.0. The van der Waals surface area contributed by atoms with Gasteiger partial charge >= 0.3 is 5.97 Å². The van der Waals surface area contributed by atoms with E-state index >= 15 is 0 Å². The first-order chi connectivity index (χ1) is 20.2. The summed E-state index contributed by atoms with van der Waals surface area (Å²) in [5.41, 5.74) is 0.650. The number of nitrogens with one attached hydrogen (secondary N) is 2. The van der Waals surface area contributed by atoms with Gasteiger partial charge < -0.3 is 25.4 Å². The molecule has 2 aromatic rings. The van der Waals surface area contributed by atoms with E-state index in [1.165, 1.54) is 4.90 Å². The van der Waals surface area contributed by atoms with Crippen molar-refractivity contribution in [3.63, 3.8) is 0 Å². The number of fused-ring (bicyclic) bond motifs is 1. The summed E-state index contributed by atoms with van der Waals surface area (Å²) in [6.07, 6.45) is 0.639. The lowest BCUT2D eigenvalue weighted by Crippen LogP contribution is -2.54. The highest BCUT2D eigenvalue weighted by Crippen LogP contribution is 2.36. The number of hydrogen-bond donors (Lipinski definition) is 3. The monoisotopic (exact) mass is 609 g/mol. The van der Waals surface area contributed by atoms with Crippen molar-refractivity contribution in [1.82, 2.24) is 20.1 Å². The second-order valence-electron chi connectivity index (χ2n) is 10.6. The minimum atomic E-state index is -1.89. The average Bonchev–Trinajstić information content (AvgIpc) is 3.15. The van der Waals surface area contributed by atoms with Crippen molar-refractivity contribution < 1.29 is 51.4 Å². The molecule has 0 saturated carbocycles. The lowest BCUT2D eigenvalue weighted by atomic mass is 9.86. The molecule has 1 fully saturated rings. The van der Waals surface area contributed by atoms with Crippen molar-refractivity contribution in [3.05, 3.63) is 52.7 Å². The number of pyridine rings is 1. The van der Waals surface area contributed by atoms with Crippen LogP contribution >= 0.6 is 0 Å². The second kappa shape index (κ2) is 12.3. The van der Waals surface area contributed by atoms with Crippen molar-refractivity contribution in [2.45, 2.75) is 38.3 Å². The number of halogens is 4. The molecular formula is C27H27F4N5O7. The quantitative estimate of drug-likeness (QED) is 0.251. The zero-order valence-electron chi connectivity index (χ0n) is 23.0. The van der Waals surface area contributed by atoms with E-state index < -0.39 is 71.2 Å². The Bertz CT molecular complexity index is 1480. The molecule has 1 aromatic heterocycles. The average molecular weight is 610 g/mol. The van der Waals surface area contributed by atoms with Crippen LogP contribution in [0.25, 0.3) is 0 Å². The standard InChI is InChI=1S/C27H27F4N5O7/c1-27(2)14-5-13(8-32-25(14)34-26(27)42)9-36-4-3-35(11-20(36)39)10-19(38)33-17(7-21(40)41)18(37)12-43-24-22(30)15(28)6-16(29)23(24)31/h5-6,8,17H,3-4,7,9-12H2,1-2H3,(H,33,38)(H,40,41)(H,32,34,42). The topological polar surface area (TPSA) is 158 Å². The molecule has 0 aliphatic carbocycles. The number of Topliss-reactive ketones (excluding diaryl/α,β-unsaturated/α-hetero) is 1. The van der Waals surface area contributed by atoms with Gasteiger partial charge in [0.05, 0.1) is 24.9 Å². The van der Waals surface area contributed by atoms with E-state index in [0.717, 1.165) is 0 Å². The Morgan fingerprint density at radius 1 is 1.12 bits per heavy atom. The molecule has 1 unspecified atom stereocenters. The Morgan fingerprint density at radius 3 is 2.42 bits per heavy atom. The first-order valence-corrected chi connectivity index (χ1v) is 13.0. The lowest BCUT2D eigenvalue weighted by Gasteiger charge is -2.34. The fourth-order valence-electron chi connectivity index (χ4n) is 4.62. The number of hydrogen-bond acceptors (Lipinski definition) is 8. The van der Waals surface area contributed by atoms with Gasteiger partial charge in [0, 0.05) is 37.5 Å². The van der Waals surface area contributed by atoms with E-state index in [0.29, 0.717) is 16.9 Å². The molecule has 2 aliphatic heterocycles. The summed E-state index contributed by atoms with van der Waals surface area (Å²) in [7, 11) is 0. The molecule has 16 heteroatoms. The maximum absolute atomic E-state index is 13.8. The van der Waals surface area contributed by atoms with Crippen LogP contribution in [0.5, 0.6) is 5.75 Å². The van der Waals surface area contributed by atoms with Crippen molar-refractivity contribution in [3.8, 4) is 5.75 Å². The minimum Gasteiger partial charge on any atom is -0.481 e. The van der Waals surface area contributed by atoms with Gasteiger partial charge in [0.1, 0.15) is 18.5 Å². The zero-order chi connectivity index (χ0) is 31.6. The number of aromatic nitrogens is 1. The van der Waals surface area contributed by atoms with Gasteiger partial charge in [-0.2, -0.15) is 8.78 Å². The molecule has 230 valence electrons. The van der Waals surface area contributed by atoms with Crippen LogP contribution in [-0.4, -0.2) is 88.2 Å². The van der Waals surface area contributed by atoms with Crippen molar-refractivity contribution in [2.75, 3.05) is 38.1 Å². The smallest absolute Gasteiger partial charge is 0.305 e. The molecule has 12 nitrogen and oxygen atoms in total. The van der Waals surface area contributed by atoms with Crippen LogP contribution in [0.15, 0.2) is 18.3 Å². The number of amides is 3. The van der Waals surface area contributed by atoms with Gasteiger partial charge in [0.2, 0.25) is 29.4 Å². The highest BCUT2D eigenvalue weighted by Gasteiger charge is 2.39. The van der Waals surface area contributed by atoms with Gasteiger partial charge in [-0.15, -0.1) is 0 Å². The third-order valence-corrected chi connectivity index (χ3v) is 7.09. The highest BCUT2D eigenvalue weighted by atomic mass is 19.2. The van der Waals surface area contributed by atoms with Crippen molar-refractivity contribution in [2.24, 2.45) is 0 Å². The van der Waals surface area contributed by atoms with Gasteiger partial charge in [-0.05, 0) is 25.5 Å². The SMILES string of the molecule is CC1(C)C(=O)Nc2ncc(CN3CCN(CC(=O)NC(CC(=O)O)C(=O)COc4c(F)c(F)cc(F)c4F)CC3=O)cc21. The Labute approximate surface area is 242 Å². The first-order valence-electron chi connectivity index (χ1n) is 13.0. The van der Waals surface area contributed by atoms with Crippen LogP contribution in [0.1, 0.15) is 31.4 Å². The normalized spacial score (nSPS) is 16.8. The largest absolute Gasteiger partial charge is 0.481 e. The number of benzene rings is 1. The summed E-state index contributed by atoms with van der Waals surface area (Å²) in [6.45, 7) is 2.49. The Kier molecular flexibility index (Phi) is 8.98. The molecular weight excluding hydrogens is 582 g/mol. The van der Waals surface area contributed by atoms with Crippen molar-refractivity contribution >= 4 is 35.3 Å². The second-order valence-corrected chi connectivity index (χ2v) is 10.6. The molecule has 0 bridgehead atoms. The van der Waals surface area contributed by atoms with Crippen LogP contribution in [0.4, 0.5) is 23.4 Å². The summed E-state index contributed by atoms with van der Waals surface area (Å²) in [6, 6.07) is 0.0530. The molecule has 43 heavy (non-hydrogen) atoms. The van der Waals surface area contributed by atoms with Gasteiger partial charge in [-0.3, -0.25) is 28.9 Å². The maximum atomic E-state index is 13.8. The van der Waals surface area contributed by atoms with Gasteiger partial charge in [0.15, 0.2) is 23.2 Å². The summed E-state index contributed by atoms with van der Waals surface area (Å²) >= 11 is 0. The molecule has 0 spiro atoms. The Morgan fingerprint density at radius 2 is 1.79 bits per heavy atom. The van der Waals surface area contributed by atoms with Crippen LogP contribution in [0.2, 0.25) is 0 Å². The van der Waals surface area contributed by atoms with Crippen molar-refractivity contribution in [1.29, 1.82) is 0 Å². The number of anilines is 1. The van der Waals surface area contributed by atoms with Gasteiger partial charge in [-0.1, -0.05) is 0 Å². The number of rotatable bonds is 11. The lowest BCUT2D eigenvalue weighted by molar-refractivity contribution is -0.140. The predicted molar refractivity (Wildman–Crippen MR) is 139 cm³/mol. The summed E-state index contributed by atoms with van der Waals surface area (Å²) in [5.74, 6) is -12.3. The number of aliphatic carboxylic acids is 1. The Hall–Kier alpha value is -4.60. The van der Waals surface area contributed by atoms with E-state index in [1.807, 2.05) is 6.07 Å². The van der Waals surface area contributed by atoms with Gasteiger partial charge in [-0.25, -0.2) is 13.8 Å². The van der Waals surface area contributed by atoms with E-state index in [-0.39, 0.29) is 50.6 Å². The summed E-state index contributed by atoms with van der Waals surface area (Å²) < 4.78 is 59.0. The third-order valence-electron chi connectivity index (χ3n) is 7.09. The van der Waals surface area contributed by atoms with E-state index in [4.69, 9.17) is 5.11 Å². The van der Waals surface area contributed by atoms with E-state index in [2.05, 4.69) is 20.4 Å². The van der Waals surface area contributed by atoms with Crippen LogP contribution < -0.4 is 15.4 Å². The molecule has 4 rings (SSSR count). The van der Waals surface area contributed by atoms with Crippen LogP contribution in [0, 0.1) is 23.3 Å². The Balaban J connectivity index is 1.32. The number of carbonyl (C=O) groups is 5. The highest BCUT2D eigenvalue weighted by molar-refractivity contribution is 6.04. The molecule has 2 aliphatic rings. The molecule has 3 amide bonds. The van der Waals surface area contributed by atoms with Gasteiger partial charge in [0.25, 0.3) is 0 Å². The van der Waals surface area contributed by atoms with Crippen LogP contribution in [0.3, 0.4) is 0 Å². The third kappa shape index (κ3) is 6.90. The van der Waals surface area contributed by atoms with Crippen LogP contribution in [-0.2, 0) is 35.9 Å². The number of carbonyl (C=O) groups excluding carboxylic acids is 4. The molecule has 3 N–H and O–H groups in total. The summed E-state index contributed by atoms with van der Waals surface area (Å²) in [5, 5.41) is 14.0. The number of carboxylic acids is 1. The first kappa shape index (κ1) is 31.3. The fraction of sp³-hybridized carbons (Fsp3) is 0.407. The molecule has 1 saturated heterocycles. The molecule has 0 radical (unpaired) electrons. The number of nitrogens with zero attached hydrogens (tertiary/aromatic N) is 3. The van der Waals surface area contributed by atoms with E-state index in [9.17, 15) is 41.5 Å². The molecule has 1 aromatic carbocycles. The number of carboxylic acid groups (broad SMARTS) is 1.